The van der Waals surface area contributed by atoms with Crippen molar-refractivity contribution >= 4 is 17.8 Å². The van der Waals surface area contributed by atoms with Gasteiger partial charge in [-0.1, -0.05) is 62.1 Å². The molecule has 3 nitrogen and oxygen atoms in total. The summed E-state index contributed by atoms with van der Waals surface area (Å²) >= 11 is 0. The van der Waals surface area contributed by atoms with Crippen molar-refractivity contribution in [2.75, 3.05) is 0 Å². The summed E-state index contributed by atoms with van der Waals surface area (Å²) in [5.74, 6) is 0.255. The van der Waals surface area contributed by atoms with E-state index in [1.807, 2.05) is 31.2 Å². The van der Waals surface area contributed by atoms with Crippen LogP contribution in [-0.4, -0.2) is 11.8 Å². The number of rotatable bonds is 9. The summed E-state index contributed by atoms with van der Waals surface area (Å²) in [6.45, 7) is 4.13. The van der Waals surface area contributed by atoms with Crippen molar-refractivity contribution in [3.05, 3.63) is 71.3 Å². The Balaban J connectivity index is 1.85. The average molecular weight is 350 g/mol. The maximum Gasteiger partial charge on any atom is 0.343 e. The second-order valence-electron chi connectivity index (χ2n) is 6.43. The summed E-state index contributed by atoms with van der Waals surface area (Å²) in [6, 6.07) is 14.4. The molecule has 2 aromatic carbocycles. The van der Waals surface area contributed by atoms with Crippen molar-refractivity contribution in [3.8, 4) is 5.75 Å². The molecule has 0 aliphatic carbocycles. The van der Waals surface area contributed by atoms with Gasteiger partial charge >= 0.3 is 5.97 Å². The van der Waals surface area contributed by atoms with E-state index >= 15 is 0 Å². The van der Waals surface area contributed by atoms with E-state index in [0.717, 1.165) is 24.0 Å². The van der Waals surface area contributed by atoms with Crippen LogP contribution in [0.1, 0.15) is 60.5 Å². The number of allylic oxidation sites excluding steroid dienone is 1. The molecule has 0 radical (unpaired) electrons. The van der Waals surface area contributed by atoms with E-state index in [4.69, 9.17) is 4.74 Å². The van der Waals surface area contributed by atoms with E-state index < -0.39 is 0 Å². The van der Waals surface area contributed by atoms with E-state index in [1.54, 1.807) is 36.4 Å². The van der Waals surface area contributed by atoms with Crippen LogP contribution in [0.4, 0.5) is 0 Å². The number of benzene rings is 2. The van der Waals surface area contributed by atoms with Crippen molar-refractivity contribution in [2.24, 2.45) is 0 Å². The maximum atomic E-state index is 12.1. The monoisotopic (exact) mass is 350 g/mol. The minimum absolute atomic E-state index is 0.149. The lowest BCUT2D eigenvalue weighted by Crippen LogP contribution is -2.08. The molecule has 26 heavy (non-hydrogen) atoms. The summed E-state index contributed by atoms with van der Waals surface area (Å²) in [5.41, 5.74) is 2.52. The van der Waals surface area contributed by atoms with Crippen LogP contribution in [0, 0.1) is 6.92 Å². The van der Waals surface area contributed by atoms with E-state index in [1.165, 1.54) is 12.8 Å². The molecule has 0 fully saturated rings. The lowest BCUT2D eigenvalue weighted by Gasteiger charge is -2.05. The molecule has 0 unspecified atom stereocenters. The zero-order valence-corrected chi connectivity index (χ0v) is 15.5. The van der Waals surface area contributed by atoms with Gasteiger partial charge in [-0.3, -0.25) is 4.79 Å². The third kappa shape index (κ3) is 6.67. The zero-order valence-electron chi connectivity index (χ0n) is 15.5. The quantitative estimate of drug-likeness (QED) is 0.250. The molecule has 136 valence electrons. The molecule has 0 N–H and O–H groups in total. The fourth-order valence-corrected chi connectivity index (χ4v) is 2.50. The molecule has 0 saturated carbocycles. The standard InChI is InChI=1S/C23H26O3/c1-3-4-5-6-7-21(24)15-10-19-11-16-22(17-12-19)26-23(25)20-13-8-18(2)9-14-20/h8-17H,3-7H2,1-2H3/b15-10-. The molecule has 2 rings (SSSR count). The fraction of sp³-hybridized carbons (Fsp3) is 0.304. The molecule has 0 heterocycles. The highest BCUT2D eigenvalue weighted by atomic mass is 16.5. The number of hydrogen-bond donors (Lipinski definition) is 0. The van der Waals surface area contributed by atoms with Gasteiger partial charge < -0.3 is 4.74 Å². The molecule has 2 aromatic rings. The number of aryl methyl sites for hydroxylation is 1. The van der Waals surface area contributed by atoms with Crippen molar-refractivity contribution in [1.82, 2.24) is 0 Å². The van der Waals surface area contributed by atoms with Crippen LogP contribution in [0.15, 0.2) is 54.6 Å². The van der Waals surface area contributed by atoms with Crippen LogP contribution in [-0.2, 0) is 4.79 Å². The third-order valence-electron chi connectivity index (χ3n) is 4.12. The number of ketones is 1. The molecule has 0 atom stereocenters. The van der Waals surface area contributed by atoms with Crippen molar-refractivity contribution in [3.63, 3.8) is 0 Å². The Morgan fingerprint density at radius 3 is 2.27 bits per heavy atom. The lowest BCUT2D eigenvalue weighted by molar-refractivity contribution is -0.114. The lowest BCUT2D eigenvalue weighted by atomic mass is 10.1. The van der Waals surface area contributed by atoms with E-state index in [2.05, 4.69) is 6.92 Å². The predicted molar refractivity (Wildman–Crippen MR) is 105 cm³/mol. The van der Waals surface area contributed by atoms with Gasteiger partial charge in [-0.25, -0.2) is 4.79 Å². The van der Waals surface area contributed by atoms with Gasteiger partial charge in [0.25, 0.3) is 0 Å². The Morgan fingerprint density at radius 2 is 1.62 bits per heavy atom. The molecule has 0 aliphatic heterocycles. The minimum atomic E-state index is -0.379. The van der Waals surface area contributed by atoms with Gasteiger partial charge in [0.2, 0.25) is 0 Å². The second-order valence-corrected chi connectivity index (χ2v) is 6.43. The van der Waals surface area contributed by atoms with Crippen LogP contribution in [0.2, 0.25) is 0 Å². The highest BCUT2D eigenvalue weighted by Crippen LogP contribution is 2.16. The Morgan fingerprint density at radius 1 is 0.923 bits per heavy atom. The first kappa shape index (κ1) is 19.6. The molecule has 0 saturated heterocycles. The maximum absolute atomic E-state index is 12.1. The third-order valence-corrected chi connectivity index (χ3v) is 4.12. The molecular formula is C23H26O3. The van der Waals surface area contributed by atoms with Crippen LogP contribution >= 0.6 is 0 Å². The Hall–Kier alpha value is -2.68. The minimum Gasteiger partial charge on any atom is -0.423 e. The number of unbranched alkanes of at least 4 members (excludes halogenated alkanes) is 3. The van der Waals surface area contributed by atoms with Gasteiger partial charge in [-0.05, 0) is 49.2 Å². The second kappa shape index (κ2) is 10.3. The van der Waals surface area contributed by atoms with E-state index in [0.29, 0.717) is 17.7 Å². The largest absolute Gasteiger partial charge is 0.423 e. The summed E-state index contributed by atoms with van der Waals surface area (Å²) in [6.07, 6.45) is 8.43. The summed E-state index contributed by atoms with van der Waals surface area (Å²) in [7, 11) is 0. The summed E-state index contributed by atoms with van der Waals surface area (Å²) in [5, 5.41) is 0. The van der Waals surface area contributed by atoms with Crippen molar-refractivity contribution < 1.29 is 14.3 Å². The highest BCUT2D eigenvalue weighted by Gasteiger charge is 2.07. The molecule has 0 bridgehead atoms. The summed E-state index contributed by atoms with van der Waals surface area (Å²) in [4.78, 5) is 23.9. The predicted octanol–water partition coefficient (Wildman–Crippen LogP) is 5.77. The molecule has 0 aliphatic rings. The van der Waals surface area contributed by atoms with Gasteiger partial charge in [0.1, 0.15) is 5.75 Å². The number of carbonyl (C=O) groups excluding carboxylic acids is 2. The first-order valence-corrected chi connectivity index (χ1v) is 9.18. The first-order chi connectivity index (χ1) is 12.6. The van der Waals surface area contributed by atoms with Gasteiger partial charge in [-0.2, -0.15) is 0 Å². The number of ether oxygens (including phenoxy) is 1. The summed E-state index contributed by atoms with van der Waals surface area (Å²) < 4.78 is 5.37. The van der Waals surface area contributed by atoms with Gasteiger partial charge in [0, 0.05) is 6.42 Å². The van der Waals surface area contributed by atoms with Crippen LogP contribution < -0.4 is 4.74 Å². The van der Waals surface area contributed by atoms with Crippen LogP contribution in [0.3, 0.4) is 0 Å². The molecule has 0 amide bonds. The van der Waals surface area contributed by atoms with Gasteiger partial charge in [-0.15, -0.1) is 0 Å². The number of carbonyl (C=O) groups is 2. The smallest absolute Gasteiger partial charge is 0.343 e. The van der Waals surface area contributed by atoms with E-state index in [9.17, 15) is 9.59 Å². The number of hydrogen-bond acceptors (Lipinski definition) is 3. The van der Waals surface area contributed by atoms with E-state index in [-0.39, 0.29) is 11.8 Å². The Labute approximate surface area is 155 Å². The fourth-order valence-electron chi connectivity index (χ4n) is 2.50. The highest BCUT2D eigenvalue weighted by molar-refractivity contribution is 5.93. The average Bonchev–Trinajstić information content (AvgIpc) is 2.65. The van der Waals surface area contributed by atoms with Gasteiger partial charge in [0.15, 0.2) is 5.78 Å². The molecule has 3 heteroatoms. The molecule has 0 spiro atoms. The normalized spacial score (nSPS) is 10.8. The SMILES string of the molecule is CCCCCCC(=O)/C=C\c1ccc(OC(=O)c2ccc(C)cc2)cc1. The Bertz CT molecular complexity index is 740. The van der Waals surface area contributed by atoms with Gasteiger partial charge in [0.05, 0.1) is 5.56 Å². The molecule has 0 aromatic heterocycles. The first-order valence-electron chi connectivity index (χ1n) is 9.18. The topological polar surface area (TPSA) is 43.4 Å². The van der Waals surface area contributed by atoms with Crippen LogP contribution in [0.25, 0.3) is 6.08 Å². The van der Waals surface area contributed by atoms with Crippen molar-refractivity contribution in [2.45, 2.75) is 46.0 Å². The Kier molecular flexibility index (Phi) is 7.81. The van der Waals surface area contributed by atoms with Crippen molar-refractivity contribution in [1.29, 1.82) is 0 Å². The van der Waals surface area contributed by atoms with Crippen LogP contribution in [0.5, 0.6) is 5.75 Å². The number of esters is 1. The zero-order chi connectivity index (χ0) is 18.8. The molecular weight excluding hydrogens is 324 g/mol.